The molecule has 1 atom stereocenters. The van der Waals surface area contributed by atoms with Crippen LogP contribution >= 0.6 is 0 Å². The topological polar surface area (TPSA) is 95.6 Å². The number of nitrogens with zero attached hydrogens (tertiary/aromatic N) is 4. The van der Waals surface area contributed by atoms with Crippen molar-refractivity contribution in [3.63, 3.8) is 0 Å². The fourth-order valence-electron chi connectivity index (χ4n) is 3.57. The van der Waals surface area contributed by atoms with Gasteiger partial charge in [0.1, 0.15) is 17.7 Å². The van der Waals surface area contributed by atoms with Gasteiger partial charge in [-0.1, -0.05) is 30.3 Å². The summed E-state index contributed by atoms with van der Waals surface area (Å²) < 4.78 is 16.2. The normalized spacial score (nSPS) is 11.6. The number of nitrogens with one attached hydrogen (secondary N) is 2. The van der Waals surface area contributed by atoms with E-state index >= 15 is 0 Å². The highest BCUT2D eigenvalue weighted by Gasteiger charge is 2.23. The van der Waals surface area contributed by atoms with Crippen LogP contribution in [0.4, 0.5) is 10.2 Å². The molecule has 7 nitrogen and oxygen atoms in total. The number of benzene rings is 2. The van der Waals surface area contributed by atoms with Crippen molar-refractivity contribution in [1.29, 1.82) is 5.26 Å². The average molecular weight is 455 g/mol. The summed E-state index contributed by atoms with van der Waals surface area (Å²) in [5.41, 5.74) is 3.64. The number of halogens is 1. The number of hydrogen-bond donors (Lipinski definition) is 2. The lowest BCUT2D eigenvalue weighted by Gasteiger charge is -2.19. The zero-order valence-corrected chi connectivity index (χ0v) is 18.6. The Balaban J connectivity index is 1.46. The maximum atomic E-state index is 14.5. The Kier molecular flexibility index (Phi) is 7.06. The van der Waals surface area contributed by atoms with Gasteiger partial charge in [0.25, 0.3) is 0 Å². The van der Waals surface area contributed by atoms with Crippen LogP contribution in [0, 0.1) is 17.1 Å². The second-order valence-electron chi connectivity index (χ2n) is 7.79. The van der Waals surface area contributed by atoms with Gasteiger partial charge in [0.15, 0.2) is 0 Å². The molecule has 4 aromatic rings. The number of amides is 1. The Morgan fingerprint density at radius 3 is 2.53 bits per heavy atom. The standard InChI is InChI=1S/C26H23FN6O/c1-33-17-21(16-31-33)20-10-11-24(30-15-20)32-26(34)25(22-4-2-3-5-23(22)27)29-13-12-18-6-8-19(14-28)9-7-18/h2-11,15-17,25,29H,12-13H2,1H3,(H,30,32,34)/t25-/m0/s1. The Morgan fingerprint density at radius 2 is 1.88 bits per heavy atom. The zero-order chi connectivity index (χ0) is 23.9. The summed E-state index contributed by atoms with van der Waals surface area (Å²) in [6.45, 7) is 0.436. The zero-order valence-electron chi connectivity index (χ0n) is 18.6. The van der Waals surface area contributed by atoms with Crippen LogP contribution in [0.25, 0.3) is 11.1 Å². The maximum absolute atomic E-state index is 14.5. The summed E-state index contributed by atoms with van der Waals surface area (Å²) >= 11 is 0. The smallest absolute Gasteiger partial charge is 0.247 e. The lowest BCUT2D eigenvalue weighted by molar-refractivity contribution is -0.118. The molecule has 0 spiro atoms. The molecule has 8 heteroatoms. The van der Waals surface area contributed by atoms with Crippen molar-refractivity contribution >= 4 is 11.7 Å². The van der Waals surface area contributed by atoms with Crippen LogP contribution in [0.15, 0.2) is 79.3 Å². The molecule has 0 aliphatic carbocycles. The molecule has 0 bridgehead atoms. The molecule has 2 heterocycles. The number of aromatic nitrogens is 3. The third-order valence-corrected chi connectivity index (χ3v) is 5.38. The minimum atomic E-state index is -0.903. The second-order valence-corrected chi connectivity index (χ2v) is 7.79. The number of anilines is 1. The van der Waals surface area contributed by atoms with Gasteiger partial charge in [0.05, 0.1) is 17.8 Å². The Labute approximate surface area is 196 Å². The third-order valence-electron chi connectivity index (χ3n) is 5.38. The average Bonchev–Trinajstić information content (AvgIpc) is 3.29. The van der Waals surface area contributed by atoms with E-state index < -0.39 is 17.8 Å². The second kappa shape index (κ2) is 10.5. The van der Waals surface area contributed by atoms with Crippen LogP contribution in [0.2, 0.25) is 0 Å². The molecule has 2 aromatic heterocycles. The summed E-state index contributed by atoms with van der Waals surface area (Å²) in [4.78, 5) is 17.4. The SMILES string of the molecule is Cn1cc(-c2ccc(NC(=O)[C@@H](NCCc3ccc(C#N)cc3)c3ccccc3F)nc2)cn1. The highest BCUT2D eigenvalue weighted by atomic mass is 19.1. The first-order chi connectivity index (χ1) is 16.5. The van der Waals surface area contributed by atoms with E-state index in [0.29, 0.717) is 24.3 Å². The van der Waals surface area contributed by atoms with Gasteiger partial charge >= 0.3 is 0 Å². The molecular formula is C26H23FN6O. The summed E-state index contributed by atoms with van der Waals surface area (Å²) in [5, 5.41) is 19.0. The third kappa shape index (κ3) is 5.52. The molecule has 4 rings (SSSR count). The van der Waals surface area contributed by atoms with Crippen LogP contribution in [-0.2, 0) is 18.3 Å². The van der Waals surface area contributed by atoms with E-state index in [1.165, 1.54) is 6.07 Å². The number of aryl methyl sites for hydroxylation is 1. The molecule has 0 aliphatic heterocycles. The minimum Gasteiger partial charge on any atom is -0.309 e. The summed E-state index contributed by atoms with van der Waals surface area (Å²) in [6, 6.07) is 18.2. The Morgan fingerprint density at radius 1 is 1.09 bits per heavy atom. The van der Waals surface area contributed by atoms with Crippen LogP contribution in [0.1, 0.15) is 22.7 Å². The number of pyridine rings is 1. The molecule has 0 fully saturated rings. The molecule has 0 radical (unpaired) electrons. The van der Waals surface area contributed by atoms with Gasteiger partial charge in [-0.15, -0.1) is 0 Å². The van der Waals surface area contributed by atoms with Gasteiger partial charge in [0, 0.05) is 42.7 Å². The van der Waals surface area contributed by atoms with Gasteiger partial charge in [-0.3, -0.25) is 9.48 Å². The lowest BCUT2D eigenvalue weighted by Crippen LogP contribution is -2.35. The first kappa shape index (κ1) is 22.8. The molecule has 34 heavy (non-hydrogen) atoms. The van der Waals surface area contributed by atoms with E-state index in [-0.39, 0.29) is 5.56 Å². The number of carbonyl (C=O) groups excluding carboxylic acids is 1. The monoisotopic (exact) mass is 454 g/mol. The van der Waals surface area contributed by atoms with Gasteiger partial charge < -0.3 is 10.6 Å². The fourth-order valence-corrected chi connectivity index (χ4v) is 3.57. The van der Waals surface area contributed by atoms with E-state index in [9.17, 15) is 9.18 Å². The van der Waals surface area contributed by atoms with Gasteiger partial charge in [-0.05, 0) is 42.3 Å². The van der Waals surface area contributed by atoms with Gasteiger partial charge in [0.2, 0.25) is 5.91 Å². The number of hydrogen-bond acceptors (Lipinski definition) is 5. The van der Waals surface area contributed by atoms with Crippen molar-refractivity contribution < 1.29 is 9.18 Å². The van der Waals surface area contributed by atoms with Crippen molar-refractivity contribution in [1.82, 2.24) is 20.1 Å². The first-order valence-corrected chi connectivity index (χ1v) is 10.8. The molecule has 1 amide bonds. The molecule has 170 valence electrons. The highest BCUT2D eigenvalue weighted by molar-refractivity contribution is 5.95. The van der Waals surface area contributed by atoms with E-state index in [4.69, 9.17) is 5.26 Å². The fraction of sp³-hybridized carbons (Fsp3) is 0.154. The van der Waals surface area contributed by atoms with E-state index in [1.54, 1.807) is 53.5 Å². The highest BCUT2D eigenvalue weighted by Crippen LogP contribution is 2.21. The summed E-state index contributed by atoms with van der Waals surface area (Å²) in [6.07, 6.45) is 5.88. The molecule has 0 saturated heterocycles. The van der Waals surface area contributed by atoms with Crippen molar-refractivity contribution in [3.8, 4) is 17.2 Å². The van der Waals surface area contributed by atoms with Crippen molar-refractivity contribution in [2.75, 3.05) is 11.9 Å². The van der Waals surface area contributed by atoms with E-state index in [1.807, 2.05) is 31.4 Å². The van der Waals surface area contributed by atoms with Gasteiger partial charge in [-0.25, -0.2) is 9.37 Å². The van der Waals surface area contributed by atoms with Gasteiger partial charge in [-0.2, -0.15) is 10.4 Å². The van der Waals surface area contributed by atoms with E-state index in [2.05, 4.69) is 26.8 Å². The molecule has 0 aliphatic rings. The molecule has 0 unspecified atom stereocenters. The first-order valence-electron chi connectivity index (χ1n) is 10.8. The molecule has 0 saturated carbocycles. The van der Waals surface area contributed by atoms with Crippen LogP contribution in [0.5, 0.6) is 0 Å². The van der Waals surface area contributed by atoms with Crippen LogP contribution in [0.3, 0.4) is 0 Å². The number of rotatable bonds is 8. The maximum Gasteiger partial charge on any atom is 0.247 e. The predicted octanol–water partition coefficient (Wildman–Crippen LogP) is 4.00. The van der Waals surface area contributed by atoms with Crippen molar-refractivity contribution in [2.45, 2.75) is 12.5 Å². The number of nitriles is 1. The minimum absolute atomic E-state index is 0.256. The predicted molar refractivity (Wildman–Crippen MR) is 127 cm³/mol. The number of carbonyl (C=O) groups is 1. The van der Waals surface area contributed by atoms with Crippen LogP contribution in [-0.4, -0.2) is 27.2 Å². The molecule has 2 N–H and O–H groups in total. The Hall–Kier alpha value is -4.35. The Bertz CT molecular complexity index is 1310. The van der Waals surface area contributed by atoms with E-state index in [0.717, 1.165) is 16.7 Å². The largest absolute Gasteiger partial charge is 0.309 e. The molecular weight excluding hydrogens is 431 g/mol. The summed E-state index contributed by atoms with van der Waals surface area (Å²) in [7, 11) is 1.84. The van der Waals surface area contributed by atoms with Crippen LogP contribution < -0.4 is 10.6 Å². The quantitative estimate of drug-likeness (QED) is 0.420. The lowest BCUT2D eigenvalue weighted by atomic mass is 10.0. The summed E-state index contributed by atoms with van der Waals surface area (Å²) in [5.74, 6) is -0.507. The van der Waals surface area contributed by atoms with Crippen molar-refractivity contribution in [3.05, 3.63) is 102 Å². The molecule has 2 aromatic carbocycles. The van der Waals surface area contributed by atoms with Crippen molar-refractivity contribution in [2.24, 2.45) is 7.05 Å².